The van der Waals surface area contributed by atoms with E-state index in [-0.39, 0.29) is 30.2 Å². The first-order valence-corrected chi connectivity index (χ1v) is 12.6. The number of rotatable bonds is 9. The van der Waals surface area contributed by atoms with Gasteiger partial charge in [0.1, 0.15) is 23.1 Å². The average Bonchev–Trinajstić information content (AvgIpc) is 3.52. The molecule has 1 unspecified atom stereocenters. The molecular formula is C29H24FN3O3S. The van der Waals surface area contributed by atoms with Gasteiger partial charge >= 0.3 is 0 Å². The summed E-state index contributed by atoms with van der Waals surface area (Å²) in [5, 5.41) is 0. The van der Waals surface area contributed by atoms with E-state index in [1.165, 1.54) is 23.5 Å². The van der Waals surface area contributed by atoms with Gasteiger partial charge in [0.05, 0.1) is 21.0 Å². The number of thiophene rings is 1. The van der Waals surface area contributed by atoms with Crippen LogP contribution in [-0.2, 0) is 29.5 Å². The number of nitrogens with zero attached hydrogens (tertiary/aromatic N) is 3. The molecule has 3 aromatic heterocycles. The Labute approximate surface area is 217 Å². The predicted molar refractivity (Wildman–Crippen MR) is 141 cm³/mol. The SMILES string of the molecule is CC(C(=O)Cc1ccccc1)C(=O)Cc1ccc(Oc2ccnc3cc(-c4nccn4C)sc23)c(F)c1. The van der Waals surface area contributed by atoms with Gasteiger partial charge in [-0.3, -0.25) is 14.6 Å². The lowest BCUT2D eigenvalue weighted by Crippen LogP contribution is -2.24. The van der Waals surface area contributed by atoms with Crippen molar-refractivity contribution in [2.45, 2.75) is 19.8 Å². The van der Waals surface area contributed by atoms with Crippen LogP contribution < -0.4 is 4.74 Å². The number of imidazole rings is 1. The molecular weight excluding hydrogens is 489 g/mol. The Kier molecular flexibility index (Phi) is 6.92. The quantitative estimate of drug-likeness (QED) is 0.220. The summed E-state index contributed by atoms with van der Waals surface area (Å²) in [4.78, 5) is 35.0. The third-order valence-corrected chi connectivity index (χ3v) is 7.33. The second-order valence-electron chi connectivity index (χ2n) is 8.86. The van der Waals surface area contributed by atoms with Crippen molar-refractivity contribution < 1.29 is 18.7 Å². The van der Waals surface area contributed by atoms with Crippen molar-refractivity contribution in [2.75, 3.05) is 0 Å². The van der Waals surface area contributed by atoms with Crippen LogP contribution in [0.3, 0.4) is 0 Å². The molecule has 2 aromatic carbocycles. The lowest BCUT2D eigenvalue weighted by molar-refractivity contribution is -0.131. The standard InChI is InChI=1S/C29H24FN3O3S/c1-18(23(34)15-19-6-4-3-5-7-19)24(35)16-20-8-9-25(21(30)14-20)36-26-10-11-31-22-17-27(37-28(22)26)29-32-12-13-33(29)2/h3-14,17-18H,15-16H2,1-2H3. The summed E-state index contributed by atoms with van der Waals surface area (Å²) in [6, 6.07) is 17.4. The lowest BCUT2D eigenvalue weighted by atomic mass is 9.92. The van der Waals surface area contributed by atoms with E-state index in [1.807, 2.05) is 54.2 Å². The van der Waals surface area contributed by atoms with E-state index >= 15 is 0 Å². The van der Waals surface area contributed by atoms with Gasteiger partial charge in [0.25, 0.3) is 0 Å². The molecule has 5 rings (SSSR count). The summed E-state index contributed by atoms with van der Waals surface area (Å²) in [7, 11) is 1.92. The van der Waals surface area contributed by atoms with Crippen LogP contribution in [0.4, 0.5) is 4.39 Å². The number of pyridine rings is 1. The van der Waals surface area contributed by atoms with Gasteiger partial charge in [-0.2, -0.15) is 0 Å². The molecule has 0 amide bonds. The molecule has 0 aliphatic heterocycles. The summed E-state index contributed by atoms with van der Waals surface area (Å²) in [5.41, 5.74) is 2.09. The van der Waals surface area contributed by atoms with Crippen LogP contribution in [0.1, 0.15) is 18.1 Å². The maximum Gasteiger partial charge on any atom is 0.166 e. The fourth-order valence-corrected chi connectivity index (χ4v) is 5.15. The number of ether oxygens (including phenoxy) is 1. The summed E-state index contributed by atoms with van der Waals surface area (Å²) in [6.07, 6.45) is 5.37. The molecule has 0 bridgehead atoms. The van der Waals surface area contributed by atoms with Crippen LogP contribution in [-0.4, -0.2) is 26.1 Å². The molecule has 186 valence electrons. The maximum atomic E-state index is 15.0. The Morgan fingerprint density at radius 2 is 1.70 bits per heavy atom. The Balaban J connectivity index is 1.29. The van der Waals surface area contributed by atoms with Crippen LogP contribution in [0, 0.1) is 11.7 Å². The minimum atomic E-state index is -0.768. The van der Waals surface area contributed by atoms with Gasteiger partial charge in [-0.25, -0.2) is 9.37 Å². The van der Waals surface area contributed by atoms with Crippen LogP contribution in [0.2, 0.25) is 0 Å². The average molecular weight is 514 g/mol. The van der Waals surface area contributed by atoms with Gasteiger partial charge in [0.2, 0.25) is 0 Å². The van der Waals surface area contributed by atoms with E-state index in [0.29, 0.717) is 11.3 Å². The number of Topliss-reactive ketones (excluding diaryl/α,β-unsaturated/α-hetero) is 2. The van der Waals surface area contributed by atoms with E-state index < -0.39 is 11.7 Å². The molecule has 0 N–H and O–H groups in total. The summed E-state index contributed by atoms with van der Waals surface area (Å²) in [5.74, 6) is -0.410. The van der Waals surface area contributed by atoms with Gasteiger partial charge < -0.3 is 9.30 Å². The molecule has 37 heavy (non-hydrogen) atoms. The number of carbonyl (C=O) groups is 2. The fourth-order valence-electron chi connectivity index (χ4n) is 4.05. The van der Waals surface area contributed by atoms with Gasteiger partial charge in [-0.05, 0) is 36.2 Å². The highest BCUT2D eigenvalue weighted by Crippen LogP contribution is 2.39. The number of aromatic nitrogens is 3. The van der Waals surface area contributed by atoms with E-state index in [0.717, 1.165) is 26.5 Å². The van der Waals surface area contributed by atoms with Crippen LogP contribution in [0.15, 0.2) is 79.3 Å². The number of hydrogen-bond acceptors (Lipinski definition) is 6. The first-order chi connectivity index (χ1) is 17.9. The molecule has 5 aromatic rings. The third kappa shape index (κ3) is 5.34. The minimum absolute atomic E-state index is 0.0314. The number of halogens is 1. The third-order valence-electron chi connectivity index (χ3n) is 6.20. The number of carbonyl (C=O) groups excluding carboxylic acids is 2. The largest absolute Gasteiger partial charge is 0.453 e. The molecule has 3 heterocycles. The van der Waals surface area contributed by atoms with E-state index in [4.69, 9.17) is 4.74 Å². The number of fused-ring (bicyclic) bond motifs is 1. The van der Waals surface area contributed by atoms with Crippen molar-refractivity contribution in [3.05, 3.63) is 96.2 Å². The van der Waals surface area contributed by atoms with Crippen molar-refractivity contribution in [1.29, 1.82) is 0 Å². The molecule has 1 atom stereocenters. The number of ketones is 2. The lowest BCUT2D eigenvalue weighted by Gasteiger charge is -2.11. The smallest absolute Gasteiger partial charge is 0.166 e. The Morgan fingerprint density at radius 3 is 2.41 bits per heavy atom. The zero-order valence-corrected chi connectivity index (χ0v) is 21.2. The molecule has 0 aliphatic carbocycles. The highest BCUT2D eigenvalue weighted by molar-refractivity contribution is 7.22. The normalized spacial score (nSPS) is 12.0. The van der Waals surface area contributed by atoms with E-state index in [9.17, 15) is 14.0 Å². The molecule has 8 heteroatoms. The van der Waals surface area contributed by atoms with Gasteiger partial charge in [0.15, 0.2) is 11.6 Å². The zero-order chi connectivity index (χ0) is 25.9. The van der Waals surface area contributed by atoms with Crippen molar-refractivity contribution in [2.24, 2.45) is 13.0 Å². The second kappa shape index (κ2) is 10.4. The number of benzene rings is 2. The zero-order valence-electron chi connectivity index (χ0n) is 20.3. The highest BCUT2D eigenvalue weighted by atomic mass is 32.1. The fraction of sp³-hybridized carbons (Fsp3) is 0.172. The molecule has 0 saturated heterocycles. The van der Waals surface area contributed by atoms with Crippen LogP contribution in [0.25, 0.3) is 20.9 Å². The Morgan fingerprint density at radius 1 is 0.946 bits per heavy atom. The van der Waals surface area contributed by atoms with Gasteiger partial charge in [0, 0.05) is 44.5 Å². The van der Waals surface area contributed by atoms with E-state index in [1.54, 1.807) is 31.5 Å². The molecule has 0 spiro atoms. The Bertz CT molecular complexity index is 1590. The molecule has 6 nitrogen and oxygen atoms in total. The number of aryl methyl sites for hydroxylation is 1. The van der Waals surface area contributed by atoms with Gasteiger partial charge in [-0.1, -0.05) is 36.4 Å². The van der Waals surface area contributed by atoms with Gasteiger partial charge in [-0.15, -0.1) is 11.3 Å². The topological polar surface area (TPSA) is 74.1 Å². The predicted octanol–water partition coefficient (Wildman–Crippen LogP) is 6.19. The van der Waals surface area contributed by atoms with Crippen molar-refractivity contribution in [3.8, 4) is 22.2 Å². The first-order valence-electron chi connectivity index (χ1n) is 11.8. The minimum Gasteiger partial charge on any atom is -0.453 e. The molecule has 0 radical (unpaired) electrons. The number of hydrogen-bond donors (Lipinski definition) is 0. The van der Waals surface area contributed by atoms with Crippen molar-refractivity contribution in [3.63, 3.8) is 0 Å². The van der Waals surface area contributed by atoms with E-state index in [2.05, 4.69) is 9.97 Å². The summed E-state index contributed by atoms with van der Waals surface area (Å²) < 4.78 is 23.6. The highest BCUT2D eigenvalue weighted by Gasteiger charge is 2.22. The second-order valence-corrected chi connectivity index (χ2v) is 9.91. The van der Waals surface area contributed by atoms with Crippen molar-refractivity contribution >= 4 is 33.1 Å². The summed E-state index contributed by atoms with van der Waals surface area (Å²) >= 11 is 1.47. The van der Waals surface area contributed by atoms with Crippen LogP contribution >= 0.6 is 11.3 Å². The molecule has 0 saturated carbocycles. The monoisotopic (exact) mass is 513 g/mol. The van der Waals surface area contributed by atoms with Crippen LogP contribution in [0.5, 0.6) is 11.5 Å². The maximum absolute atomic E-state index is 15.0. The molecule has 0 aliphatic rings. The van der Waals surface area contributed by atoms with Crippen molar-refractivity contribution in [1.82, 2.24) is 14.5 Å². The summed E-state index contributed by atoms with van der Waals surface area (Å²) in [6.45, 7) is 1.61. The Hall–Kier alpha value is -4.17. The molecule has 0 fully saturated rings. The first kappa shape index (κ1) is 24.5.